The Labute approximate surface area is 113 Å². The van der Waals surface area contributed by atoms with Crippen molar-refractivity contribution in [3.8, 4) is 0 Å². The van der Waals surface area contributed by atoms with Crippen molar-refractivity contribution >= 4 is 17.0 Å². The van der Waals surface area contributed by atoms with E-state index >= 15 is 0 Å². The van der Waals surface area contributed by atoms with Crippen molar-refractivity contribution in [2.24, 2.45) is 5.92 Å². The van der Waals surface area contributed by atoms with Crippen LogP contribution in [0.25, 0.3) is 11.0 Å². The first-order chi connectivity index (χ1) is 9.08. The molecule has 4 heteroatoms. The number of nitrogens with zero attached hydrogens (tertiary/aromatic N) is 2. The summed E-state index contributed by atoms with van der Waals surface area (Å²) in [4.78, 5) is 15.3. The largest absolute Gasteiger partial charge is 0.481 e. The van der Waals surface area contributed by atoms with Crippen LogP contribution in [0.1, 0.15) is 32.5 Å². The summed E-state index contributed by atoms with van der Waals surface area (Å²) in [7, 11) is 0. The number of para-hydroxylation sites is 2. The molecule has 102 valence electrons. The molecular weight excluding hydrogens is 240 g/mol. The maximum absolute atomic E-state index is 10.7. The lowest BCUT2D eigenvalue weighted by Gasteiger charge is -2.10. The minimum Gasteiger partial charge on any atom is -0.481 e. The van der Waals surface area contributed by atoms with Crippen molar-refractivity contribution < 1.29 is 9.90 Å². The monoisotopic (exact) mass is 260 g/mol. The van der Waals surface area contributed by atoms with Crippen molar-refractivity contribution in [2.45, 2.75) is 39.7 Å². The van der Waals surface area contributed by atoms with Crippen LogP contribution in [-0.2, 0) is 17.8 Å². The first-order valence-corrected chi connectivity index (χ1v) is 6.74. The summed E-state index contributed by atoms with van der Waals surface area (Å²) in [6, 6.07) is 7.98. The fourth-order valence-electron chi connectivity index (χ4n) is 2.17. The van der Waals surface area contributed by atoms with E-state index in [1.165, 1.54) is 0 Å². The van der Waals surface area contributed by atoms with E-state index in [1.807, 2.05) is 24.3 Å². The maximum atomic E-state index is 10.7. The zero-order valence-corrected chi connectivity index (χ0v) is 11.5. The second kappa shape index (κ2) is 5.87. The number of fused-ring (bicyclic) bond motifs is 1. The topological polar surface area (TPSA) is 55.1 Å². The number of carbonyl (C=O) groups is 1. The summed E-state index contributed by atoms with van der Waals surface area (Å²) in [5.41, 5.74) is 2.05. The van der Waals surface area contributed by atoms with E-state index in [0.29, 0.717) is 12.3 Å². The highest BCUT2D eigenvalue weighted by molar-refractivity contribution is 5.76. The van der Waals surface area contributed by atoms with Gasteiger partial charge < -0.3 is 9.67 Å². The lowest BCUT2D eigenvalue weighted by molar-refractivity contribution is -0.137. The highest BCUT2D eigenvalue weighted by Gasteiger charge is 2.11. The van der Waals surface area contributed by atoms with Gasteiger partial charge in [0.2, 0.25) is 0 Å². The molecule has 0 saturated carbocycles. The zero-order valence-electron chi connectivity index (χ0n) is 11.5. The van der Waals surface area contributed by atoms with Crippen molar-refractivity contribution in [2.75, 3.05) is 0 Å². The number of carboxylic acid groups (broad SMARTS) is 1. The van der Waals surface area contributed by atoms with Crippen LogP contribution in [-0.4, -0.2) is 20.6 Å². The van der Waals surface area contributed by atoms with Crippen molar-refractivity contribution in [1.82, 2.24) is 9.55 Å². The SMILES string of the molecule is CC(C)CCn1c(CCC(=O)O)nc2ccccc21. The minimum absolute atomic E-state index is 0.130. The number of hydrogen-bond donors (Lipinski definition) is 1. The molecule has 0 aliphatic carbocycles. The van der Waals surface area contributed by atoms with Gasteiger partial charge >= 0.3 is 5.97 Å². The van der Waals surface area contributed by atoms with Gasteiger partial charge in [-0.2, -0.15) is 0 Å². The molecule has 2 rings (SSSR count). The van der Waals surface area contributed by atoms with Crippen LogP contribution >= 0.6 is 0 Å². The summed E-state index contributed by atoms with van der Waals surface area (Å²) < 4.78 is 2.16. The van der Waals surface area contributed by atoms with Crippen LogP contribution in [0.15, 0.2) is 24.3 Å². The van der Waals surface area contributed by atoms with E-state index < -0.39 is 5.97 Å². The Kier molecular flexibility index (Phi) is 4.20. The number of aryl methyl sites for hydroxylation is 2. The third-order valence-corrected chi connectivity index (χ3v) is 3.23. The number of benzene rings is 1. The molecule has 0 spiro atoms. The first kappa shape index (κ1) is 13.6. The van der Waals surface area contributed by atoms with E-state index in [9.17, 15) is 4.79 Å². The lowest BCUT2D eigenvalue weighted by Crippen LogP contribution is -2.08. The van der Waals surface area contributed by atoms with Gasteiger partial charge in [-0.3, -0.25) is 4.79 Å². The molecule has 1 heterocycles. The predicted molar refractivity (Wildman–Crippen MR) is 75.1 cm³/mol. The molecule has 0 fully saturated rings. The summed E-state index contributed by atoms with van der Waals surface area (Å²) in [6.07, 6.45) is 1.69. The molecule has 0 atom stereocenters. The molecule has 0 aliphatic heterocycles. The molecule has 4 nitrogen and oxygen atoms in total. The Balaban J connectivity index is 2.31. The number of hydrogen-bond acceptors (Lipinski definition) is 2. The first-order valence-electron chi connectivity index (χ1n) is 6.74. The van der Waals surface area contributed by atoms with Gasteiger partial charge in [0.25, 0.3) is 0 Å². The third kappa shape index (κ3) is 3.34. The molecular formula is C15H20N2O2. The van der Waals surface area contributed by atoms with Crippen LogP contribution in [0.4, 0.5) is 0 Å². The van der Waals surface area contributed by atoms with Gasteiger partial charge in [0.15, 0.2) is 0 Å². The Morgan fingerprint density at radius 1 is 1.37 bits per heavy atom. The van der Waals surface area contributed by atoms with E-state index in [0.717, 1.165) is 29.8 Å². The molecule has 2 aromatic rings. The van der Waals surface area contributed by atoms with Crippen LogP contribution in [0.5, 0.6) is 0 Å². The molecule has 1 aromatic heterocycles. The van der Waals surface area contributed by atoms with E-state index in [-0.39, 0.29) is 6.42 Å². The van der Waals surface area contributed by atoms with Crippen LogP contribution < -0.4 is 0 Å². The molecule has 0 aliphatic rings. The van der Waals surface area contributed by atoms with Crippen LogP contribution in [0.3, 0.4) is 0 Å². The smallest absolute Gasteiger partial charge is 0.303 e. The van der Waals surface area contributed by atoms with Gasteiger partial charge in [0.1, 0.15) is 5.82 Å². The van der Waals surface area contributed by atoms with E-state index in [1.54, 1.807) is 0 Å². The molecule has 0 radical (unpaired) electrons. The molecule has 0 saturated heterocycles. The normalized spacial score (nSPS) is 11.3. The predicted octanol–water partition coefficient (Wildman–Crippen LogP) is 3.10. The van der Waals surface area contributed by atoms with Gasteiger partial charge in [-0.05, 0) is 24.5 Å². The third-order valence-electron chi connectivity index (χ3n) is 3.23. The number of carboxylic acids is 1. The number of aliphatic carboxylic acids is 1. The molecule has 1 aromatic carbocycles. The summed E-state index contributed by atoms with van der Waals surface area (Å²) >= 11 is 0. The quantitative estimate of drug-likeness (QED) is 0.868. The van der Waals surface area contributed by atoms with Gasteiger partial charge in [0, 0.05) is 13.0 Å². The maximum Gasteiger partial charge on any atom is 0.303 e. The molecule has 19 heavy (non-hydrogen) atoms. The van der Waals surface area contributed by atoms with E-state index in [2.05, 4.69) is 23.4 Å². The fourth-order valence-corrected chi connectivity index (χ4v) is 2.17. The van der Waals surface area contributed by atoms with Gasteiger partial charge in [-0.25, -0.2) is 4.98 Å². The number of imidazole rings is 1. The van der Waals surface area contributed by atoms with Crippen molar-refractivity contribution in [3.05, 3.63) is 30.1 Å². The minimum atomic E-state index is -0.775. The number of rotatable bonds is 6. The second-order valence-electron chi connectivity index (χ2n) is 5.24. The number of aromatic nitrogens is 2. The summed E-state index contributed by atoms with van der Waals surface area (Å²) in [5.74, 6) is 0.722. The Morgan fingerprint density at radius 2 is 2.11 bits per heavy atom. The van der Waals surface area contributed by atoms with Crippen LogP contribution in [0.2, 0.25) is 0 Å². The van der Waals surface area contributed by atoms with Crippen LogP contribution in [0, 0.1) is 5.92 Å². The lowest BCUT2D eigenvalue weighted by atomic mass is 10.1. The molecule has 0 bridgehead atoms. The van der Waals surface area contributed by atoms with E-state index in [4.69, 9.17) is 5.11 Å². The van der Waals surface area contributed by atoms with Gasteiger partial charge in [0.05, 0.1) is 17.5 Å². The standard InChI is InChI=1S/C15H20N2O2/c1-11(2)9-10-17-13-6-4-3-5-12(13)16-14(17)7-8-15(18)19/h3-6,11H,7-10H2,1-2H3,(H,18,19). The van der Waals surface area contributed by atoms with Gasteiger partial charge in [-0.1, -0.05) is 26.0 Å². The Hall–Kier alpha value is -1.84. The zero-order chi connectivity index (χ0) is 13.8. The second-order valence-corrected chi connectivity index (χ2v) is 5.24. The molecule has 0 amide bonds. The summed E-state index contributed by atoms with van der Waals surface area (Å²) in [6.45, 7) is 5.28. The Bertz CT molecular complexity index is 573. The average molecular weight is 260 g/mol. The average Bonchev–Trinajstić information content (AvgIpc) is 2.71. The fraction of sp³-hybridized carbons (Fsp3) is 0.467. The highest BCUT2D eigenvalue weighted by Crippen LogP contribution is 2.18. The highest BCUT2D eigenvalue weighted by atomic mass is 16.4. The van der Waals surface area contributed by atoms with Gasteiger partial charge in [-0.15, -0.1) is 0 Å². The van der Waals surface area contributed by atoms with Crippen molar-refractivity contribution in [1.29, 1.82) is 0 Å². The summed E-state index contributed by atoms with van der Waals surface area (Å²) in [5, 5.41) is 8.82. The molecule has 1 N–H and O–H groups in total. The Morgan fingerprint density at radius 3 is 2.79 bits per heavy atom. The molecule has 0 unspecified atom stereocenters. The van der Waals surface area contributed by atoms with Crippen molar-refractivity contribution in [3.63, 3.8) is 0 Å².